The van der Waals surface area contributed by atoms with Crippen LogP contribution in [0.15, 0.2) is 53.7 Å². The number of hydrogen-bond acceptors (Lipinski definition) is 4. The third-order valence-electron chi connectivity index (χ3n) is 5.47. The van der Waals surface area contributed by atoms with Crippen LogP contribution in [-0.2, 0) is 6.54 Å². The molecule has 1 saturated heterocycles. The Hall–Kier alpha value is -2.69. The molecule has 1 aromatic carbocycles. The second kappa shape index (κ2) is 10.8. The number of guanidine groups is 1. The summed E-state index contributed by atoms with van der Waals surface area (Å²) in [5.74, 6) is 1.48. The number of aliphatic imine (C=N–C) groups is 1. The van der Waals surface area contributed by atoms with Crippen LogP contribution in [-0.4, -0.2) is 58.9 Å². The molecule has 32 heavy (non-hydrogen) atoms. The Balaban J connectivity index is 0.00000289. The molecule has 4 rings (SSSR count). The van der Waals surface area contributed by atoms with Crippen LogP contribution in [0.25, 0.3) is 5.82 Å². The van der Waals surface area contributed by atoms with E-state index in [1.165, 1.54) is 6.07 Å². The maximum absolute atomic E-state index is 14.1. The van der Waals surface area contributed by atoms with E-state index in [2.05, 4.69) is 36.3 Å². The highest BCUT2D eigenvalue weighted by Gasteiger charge is 2.21. The first-order valence-electron chi connectivity index (χ1n) is 10.5. The van der Waals surface area contributed by atoms with E-state index in [9.17, 15) is 4.39 Å². The Kier molecular flexibility index (Phi) is 8.05. The molecule has 0 amide bonds. The van der Waals surface area contributed by atoms with Gasteiger partial charge in [0.05, 0.1) is 11.4 Å². The molecule has 1 fully saturated rings. The van der Waals surface area contributed by atoms with E-state index in [0.717, 1.165) is 54.9 Å². The zero-order valence-corrected chi connectivity index (χ0v) is 21.0. The molecule has 1 aliphatic heterocycles. The second-order valence-electron chi connectivity index (χ2n) is 7.69. The van der Waals surface area contributed by atoms with Gasteiger partial charge in [0.1, 0.15) is 5.82 Å². The quantitative estimate of drug-likeness (QED) is 0.307. The van der Waals surface area contributed by atoms with Crippen LogP contribution in [0, 0.1) is 19.7 Å². The molecule has 9 heteroatoms. The summed E-state index contributed by atoms with van der Waals surface area (Å²) in [4.78, 5) is 13.3. The number of rotatable bonds is 4. The molecule has 170 valence electrons. The standard InChI is InChI=1S/C23H28FN7.HI/c1-17-14-18(2)31(28-17)22-9-8-19(15-26-22)16-27-23(25-3)30-12-10-29(11-13-30)21-7-5-4-6-20(21)24;/h4-9,14-15H,10-13,16H2,1-3H3,(H,25,27);1H. The number of aryl methyl sites for hydroxylation is 2. The maximum Gasteiger partial charge on any atom is 0.194 e. The van der Waals surface area contributed by atoms with Crippen LogP contribution in [0.3, 0.4) is 0 Å². The normalized spacial score (nSPS) is 14.3. The van der Waals surface area contributed by atoms with Gasteiger partial charge in [-0.2, -0.15) is 5.10 Å². The van der Waals surface area contributed by atoms with E-state index in [1.807, 2.05) is 49.0 Å². The Morgan fingerprint density at radius 2 is 1.84 bits per heavy atom. The van der Waals surface area contributed by atoms with Gasteiger partial charge in [-0.3, -0.25) is 4.99 Å². The van der Waals surface area contributed by atoms with Crippen LogP contribution in [0.1, 0.15) is 17.0 Å². The van der Waals surface area contributed by atoms with E-state index in [-0.39, 0.29) is 29.8 Å². The Bertz CT molecular complexity index is 1060. The van der Waals surface area contributed by atoms with Gasteiger partial charge in [0.2, 0.25) is 0 Å². The highest BCUT2D eigenvalue weighted by atomic mass is 127. The number of nitrogens with zero attached hydrogens (tertiary/aromatic N) is 6. The van der Waals surface area contributed by atoms with Crippen molar-refractivity contribution in [1.82, 2.24) is 25.0 Å². The number of nitrogens with one attached hydrogen (secondary N) is 1. The van der Waals surface area contributed by atoms with E-state index in [0.29, 0.717) is 12.2 Å². The zero-order valence-electron chi connectivity index (χ0n) is 18.6. The molecule has 1 N–H and O–H groups in total. The SMILES string of the molecule is CN=C(NCc1ccc(-n2nc(C)cc2C)nc1)N1CCN(c2ccccc2F)CC1.I. The summed E-state index contributed by atoms with van der Waals surface area (Å²) in [6.07, 6.45) is 1.86. The summed E-state index contributed by atoms with van der Waals surface area (Å²) in [5.41, 5.74) is 3.77. The first-order chi connectivity index (χ1) is 15.0. The average Bonchev–Trinajstić information content (AvgIpc) is 3.13. The number of benzene rings is 1. The smallest absolute Gasteiger partial charge is 0.194 e. The van der Waals surface area contributed by atoms with Crippen molar-refractivity contribution in [3.05, 3.63) is 71.4 Å². The van der Waals surface area contributed by atoms with Crippen molar-refractivity contribution in [3.8, 4) is 5.82 Å². The lowest BCUT2D eigenvalue weighted by atomic mass is 10.2. The molecule has 3 heterocycles. The number of anilines is 1. The first kappa shape index (κ1) is 24.0. The van der Waals surface area contributed by atoms with Crippen molar-refractivity contribution in [2.24, 2.45) is 4.99 Å². The van der Waals surface area contributed by atoms with Crippen molar-refractivity contribution in [3.63, 3.8) is 0 Å². The van der Waals surface area contributed by atoms with E-state index in [4.69, 9.17) is 0 Å². The summed E-state index contributed by atoms with van der Waals surface area (Å²) < 4.78 is 15.9. The highest BCUT2D eigenvalue weighted by molar-refractivity contribution is 14.0. The Morgan fingerprint density at radius 3 is 2.44 bits per heavy atom. The number of piperazine rings is 1. The van der Waals surface area contributed by atoms with Crippen LogP contribution in [0.2, 0.25) is 0 Å². The zero-order chi connectivity index (χ0) is 21.8. The van der Waals surface area contributed by atoms with E-state index >= 15 is 0 Å². The molecule has 0 unspecified atom stereocenters. The second-order valence-corrected chi connectivity index (χ2v) is 7.69. The van der Waals surface area contributed by atoms with Gasteiger partial charge in [-0.25, -0.2) is 14.1 Å². The van der Waals surface area contributed by atoms with Crippen LogP contribution < -0.4 is 10.2 Å². The molecule has 0 bridgehead atoms. The van der Waals surface area contributed by atoms with Crippen molar-refractivity contribution >= 4 is 35.6 Å². The summed E-state index contributed by atoms with van der Waals surface area (Å²) in [6.45, 7) is 7.69. The molecule has 0 radical (unpaired) electrons. The fourth-order valence-corrected chi connectivity index (χ4v) is 3.89. The van der Waals surface area contributed by atoms with Crippen LogP contribution >= 0.6 is 24.0 Å². The fourth-order valence-electron chi connectivity index (χ4n) is 3.89. The maximum atomic E-state index is 14.1. The number of hydrogen-bond donors (Lipinski definition) is 1. The molecule has 0 spiro atoms. The number of para-hydroxylation sites is 1. The van der Waals surface area contributed by atoms with Crippen molar-refractivity contribution < 1.29 is 4.39 Å². The third-order valence-corrected chi connectivity index (χ3v) is 5.47. The van der Waals surface area contributed by atoms with Crippen LogP contribution in [0.5, 0.6) is 0 Å². The van der Waals surface area contributed by atoms with Gasteiger partial charge in [-0.15, -0.1) is 24.0 Å². The van der Waals surface area contributed by atoms with E-state index < -0.39 is 0 Å². The van der Waals surface area contributed by atoms with Crippen molar-refractivity contribution in [1.29, 1.82) is 0 Å². The number of pyridine rings is 1. The minimum atomic E-state index is -0.171. The van der Waals surface area contributed by atoms with Gasteiger partial charge in [0, 0.05) is 51.7 Å². The minimum absolute atomic E-state index is 0. The minimum Gasteiger partial charge on any atom is -0.366 e. The number of halogens is 2. The fraction of sp³-hybridized carbons (Fsp3) is 0.348. The lowest BCUT2D eigenvalue weighted by Gasteiger charge is -2.37. The third kappa shape index (κ3) is 5.37. The van der Waals surface area contributed by atoms with Crippen molar-refractivity contribution in [2.75, 3.05) is 38.1 Å². The molecule has 7 nitrogen and oxygen atoms in total. The summed E-state index contributed by atoms with van der Waals surface area (Å²) in [6, 6.07) is 13.0. The molecular weight excluding hydrogens is 520 g/mol. The lowest BCUT2D eigenvalue weighted by Crippen LogP contribution is -2.52. The summed E-state index contributed by atoms with van der Waals surface area (Å²) >= 11 is 0. The molecule has 0 atom stereocenters. The molecule has 1 aliphatic rings. The summed E-state index contributed by atoms with van der Waals surface area (Å²) in [7, 11) is 1.79. The molecule has 2 aromatic heterocycles. The van der Waals surface area contributed by atoms with Gasteiger partial charge < -0.3 is 15.1 Å². The van der Waals surface area contributed by atoms with Crippen molar-refractivity contribution in [2.45, 2.75) is 20.4 Å². The van der Waals surface area contributed by atoms with Gasteiger partial charge in [0.15, 0.2) is 11.8 Å². The lowest BCUT2D eigenvalue weighted by molar-refractivity contribution is 0.370. The van der Waals surface area contributed by atoms with Gasteiger partial charge in [0.25, 0.3) is 0 Å². The average molecular weight is 549 g/mol. The topological polar surface area (TPSA) is 61.6 Å². The summed E-state index contributed by atoms with van der Waals surface area (Å²) in [5, 5.41) is 7.89. The first-order valence-corrected chi connectivity index (χ1v) is 10.5. The molecular formula is C23H29FIN7. The van der Waals surface area contributed by atoms with E-state index in [1.54, 1.807) is 13.1 Å². The van der Waals surface area contributed by atoms with Crippen LogP contribution in [0.4, 0.5) is 10.1 Å². The highest BCUT2D eigenvalue weighted by Crippen LogP contribution is 2.20. The largest absolute Gasteiger partial charge is 0.366 e. The molecule has 0 aliphatic carbocycles. The van der Waals surface area contributed by atoms with Gasteiger partial charge in [-0.05, 0) is 43.7 Å². The molecule has 0 saturated carbocycles. The monoisotopic (exact) mass is 549 g/mol. The Labute approximate surface area is 205 Å². The Morgan fingerprint density at radius 1 is 1.09 bits per heavy atom. The predicted molar refractivity (Wildman–Crippen MR) is 137 cm³/mol. The van der Waals surface area contributed by atoms with Gasteiger partial charge >= 0.3 is 0 Å². The predicted octanol–water partition coefficient (Wildman–Crippen LogP) is 3.54. The molecule has 3 aromatic rings. The van der Waals surface area contributed by atoms with Gasteiger partial charge in [-0.1, -0.05) is 18.2 Å². The number of aromatic nitrogens is 3.